The van der Waals surface area contributed by atoms with E-state index < -0.39 is 16.4 Å². The van der Waals surface area contributed by atoms with Gasteiger partial charge >= 0.3 is 0 Å². The Hall–Kier alpha value is -3.34. The number of nitrogens with zero attached hydrogens (tertiary/aromatic N) is 2. The molecule has 1 atom stereocenters. The minimum absolute atomic E-state index is 0.0413. The van der Waals surface area contributed by atoms with E-state index in [4.69, 9.17) is 0 Å². The van der Waals surface area contributed by atoms with Crippen molar-refractivity contribution in [3.05, 3.63) is 92.9 Å². The van der Waals surface area contributed by atoms with Crippen molar-refractivity contribution in [3.8, 4) is 16.3 Å². The molecule has 7 nitrogen and oxygen atoms in total. The van der Waals surface area contributed by atoms with E-state index in [-0.39, 0.29) is 17.9 Å². The molecule has 4 aromatic rings. The van der Waals surface area contributed by atoms with Crippen molar-refractivity contribution in [1.82, 2.24) is 9.78 Å². The van der Waals surface area contributed by atoms with E-state index in [2.05, 4.69) is 15.1 Å². The van der Waals surface area contributed by atoms with Crippen LogP contribution in [0.2, 0.25) is 0 Å². The SMILES string of the molecule is CSNc1ccc2c(c1)S(=O)C=C(c1c(O)c(-c3cccs3)nn(Cc3ccccc3)c1=O)N2. The molecule has 0 saturated carbocycles. The summed E-state index contributed by atoms with van der Waals surface area (Å²) >= 11 is 2.86. The Morgan fingerprint density at radius 3 is 2.74 bits per heavy atom. The van der Waals surface area contributed by atoms with Crippen LogP contribution >= 0.6 is 23.3 Å². The van der Waals surface area contributed by atoms with Gasteiger partial charge < -0.3 is 15.1 Å². The Morgan fingerprint density at radius 2 is 2.00 bits per heavy atom. The quantitative estimate of drug-likeness (QED) is 0.317. The second-order valence-electron chi connectivity index (χ2n) is 7.47. The fourth-order valence-electron chi connectivity index (χ4n) is 3.69. The maximum absolute atomic E-state index is 13.5. The molecule has 2 aromatic heterocycles. The van der Waals surface area contributed by atoms with E-state index in [9.17, 15) is 14.1 Å². The maximum Gasteiger partial charge on any atom is 0.280 e. The van der Waals surface area contributed by atoms with Gasteiger partial charge in [-0.05, 0) is 35.2 Å². The Labute approximate surface area is 206 Å². The Kier molecular flexibility index (Phi) is 6.27. The van der Waals surface area contributed by atoms with Gasteiger partial charge in [0, 0.05) is 17.4 Å². The van der Waals surface area contributed by atoms with Gasteiger partial charge in [-0.3, -0.25) is 4.79 Å². The predicted molar refractivity (Wildman–Crippen MR) is 141 cm³/mol. The predicted octanol–water partition coefficient (Wildman–Crippen LogP) is 4.95. The third kappa shape index (κ3) is 4.27. The van der Waals surface area contributed by atoms with E-state index in [0.717, 1.165) is 16.1 Å². The summed E-state index contributed by atoms with van der Waals surface area (Å²) in [5.74, 6) is -0.239. The van der Waals surface area contributed by atoms with E-state index >= 15 is 0 Å². The summed E-state index contributed by atoms with van der Waals surface area (Å²) < 4.78 is 17.6. The molecule has 172 valence electrons. The molecule has 1 aliphatic heterocycles. The molecule has 5 rings (SSSR count). The first-order valence-electron chi connectivity index (χ1n) is 10.3. The van der Waals surface area contributed by atoms with Crippen LogP contribution < -0.4 is 15.6 Å². The Morgan fingerprint density at radius 1 is 1.18 bits per heavy atom. The van der Waals surface area contributed by atoms with Gasteiger partial charge in [0.15, 0.2) is 5.75 Å². The summed E-state index contributed by atoms with van der Waals surface area (Å²) in [6.45, 7) is 0.238. The molecular formula is C24H20N4O3S3. The van der Waals surface area contributed by atoms with Crippen LogP contribution in [0.5, 0.6) is 5.75 Å². The van der Waals surface area contributed by atoms with Gasteiger partial charge in [0.05, 0.1) is 38.5 Å². The second kappa shape index (κ2) is 9.49. The molecule has 0 amide bonds. The molecule has 0 spiro atoms. The van der Waals surface area contributed by atoms with Gasteiger partial charge in [-0.1, -0.05) is 48.3 Å². The Bertz CT molecular complexity index is 1470. The van der Waals surface area contributed by atoms with Crippen molar-refractivity contribution in [3.63, 3.8) is 0 Å². The van der Waals surface area contributed by atoms with Crippen LogP contribution in [-0.4, -0.2) is 25.4 Å². The van der Waals surface area contributed by atoms with E-state index in [1.54, 1.807) is 12.1 Å². The summed E-state index contributed by atoms with van der Waals surface area (Å²) in [5, 5.41) is 22.2. The standard InChI is InChI=1S/C24H20N4O3S3/c1-32-27-16-9-10-17-20(12-16)34(31)14-18(25-17)21-23(29)22(19-8-5-11-33-19)26-28(24(21)30)13-15-6-3-2-4-7-15/h2-12,14,25,27,29H,13H2,1H3. The summed E-state index contributed by atoms with van der Waals surface area (Å²) in [6, 6.07) is 18.7. The largest absolute Gasteiger partial charge is 0.505 e. The monoisotopic (exact) mass is 508 g/mol. The minimum atomic E-state index is -1.51. The van der Waals surface area contributed by atoms with Crippen molar-refractivity contribution < 1.29 is 9.32 Å². The normalized spacial score (nSPS) is 14.7. The average Bonchev–Trinajstić information content (AvgIpc) is 3.37. The van der Waals surface area contributed by atoms with Crippen LogP contribution in [-0.2, 0) is 17.3 Å². The van der Waals surface area contributed by atoms with Crippen LogP contribution in [0.4, 0.5) is 11.4 Å². The molecule has 3 N–H and O–H groups in total. The summed E-state index contributed by atoms with van der Waals surface area (Å²) in [5.41, 5.74) is 2.52. The molecule has 0 saturated heterocycles. The first-order chi connectivity index (χ1) is 16.5. The first-order valence-corrected chi connectivity index (χ1v) is 13.6. The van der Waals surface area contributed by atoms with Gasteiger partial charge in [0.25, 0.3) is 5.56 Å². The molecule has 2 aromatic carbocycles. The van der Waals surface area contributed by atoms with Gasteiger partial charge in [0.1, 0.15) is 11.3 Å². The van der Waals surface area contributed by atoms with Crippen molar-refractivity contribution >= 4 is 51.2 Å². The van der Waals surface area contributed by atoms with Crippen molar-refractivity contribution in [2.45, 2.75) is 11.4 Å². The third-order valence-electron chi connectivity index (χ3n) is 5.24. The maximum atomic E-state index is 13.5. The van der Waals surface area contributed by atoms with Crippen LogP contribution in [0, 0.1) is 0 Å². The number of aromatic nitrogens is 2. The number of hydrogen-bond acceptors (Lipinski definition) is 8. The smallest absolute Gasteiger partial charge is 0.280 e. The summed E-state index contributed by atoms with van der Waals surface area (Å²) in [7, 11) is -1.51. The zero-order chi connectivity index (χ0) is 23.7. The number of nitrogens with one attached hydrogen (secondary N) is 2. The third-order valence-corrected chi connectivity index (χ3v) is 7.78. The highest BCUT2D eigenvalue weighted by Crippen LogP contribution is 2.38. The van der Waals surface area contributed by atoms with Gasteiger partial charge in [-0.2, -0.15) is 5.10 Å². The van der Waals surface area contributed by atoms with Crippen LogP contribution in [0.3, 0.4) is 0 Å². The summed E-state index contributed by atoms with van der Waals surface area (Å²) in [4.78, 5) is 14.8. The molecule has 34 heavy (non-hydrogen) atoms. The van der Waals surface area contributed by atoms with E-state index in [1.807, 2.05) is 60.2 Å². The van der Waals surface area contributed by atoms with Crippen molar-refractivity contribution in [2.24, 2.45) is 0 Å². The topological polar surface area (TPSA) is 96.2 Å². The van der Waals surface area contributed by atoms with Crippen LogP contribution in [0.15, 0.2) is 81.1 Å². The number of rotatable bonds is 6. The molecule has 0 aliphatic carbocycles. The van der Waals surface area contributed by atoms with Crippen molar-refractivity contribution in [2.75, 3.05) is 16.3 Å². The number of hydrogen-bond donors (Lipinski definition) is 3. The second-order valence-corrected chi connectivity index (χ2v) is 10.3. The lowest BCUT2D eigenvalue weighted by atomic mass is 10.1. The molecule has 0 fully saturated rings. The fourth-order valence-corrected chi connectivity index (χ4v) is 5.86. The number of benzene rings is 2. The molecule has 0 bridgehead atoms. The van der Waals surface area contributed by atoms with Gasteiger partial charge in [-0.25, -0.2) is 8.89 Å². The number of anilines is 2. The molecule has 1 unspecified atom stereocenters. The zero-order valence-electron chi connectivity index (χ0n) is 18.0. The number of aromatic hydroxyl groups is 1. The van der Waals surface area contributed by atoms with Crippen molar-refractivity contribution in [1.29, 1.82) is 0 Å². The number of fused-ring (bicyclic) bond motifs is 1. The highest BCUT2D eigenvalue weighted by Gasteiger charge is 2.26. The zero-order valence-corrected chi connectivity index (χ0v) is 20.5. The van der Waals surface area contributed by atoms with Gasteiger partial charge in [-0.15, -0.1) is 11.3 Å². The molecule has 3 heterocycles. The first kappa shape index (κ1) is 22.5. The Balaban J connectivity index is 1.64. The van der Waals surface area contributed by atoms with E-state index in [1.165, 1.54) is 33.4 Å². The lowest BCUT2D eigenvalue weighted by molar-refractivity contribution is 0.463. The fraction of sp³-hybridized carbons (Fsp3) is 0.0833. The lowest BCUT2D eigenvalue weighted by Crippen LogP contribution is -2.29. The van der Waals surface area contributed by atoms with Gasteiger partial charge in [0.2, 0.25) is 0 Å². The minimum Gasteiger partial charge on any atom is -0.505 e. The van der Waals surface area contributed by atoms with E-state index in [0.29, 0.717) is 22.0 Å². The van der Waals surface area contributed by atoms with Crippen LogP contribution in [0.25, 0.3) is 16.3 Å². The number of thiophene rings is 1. The van der Waals surface area contributed by atoms with Crippen LogP contribution in [0.1, 0.15) is 11.1 Å². The average molecular weight is 509 g/mol. The highest BCUT2D eigenvalue weighted by atomic mass is 32.2. The summed E-state index contributed by atoms with van der Waals surface area (Å²) in [6.07, 6.45) is 1.91. The molecule has 0 radical (unpaired) electrons. The molecular weight excluding hydrogens is 488 g/mol. The highest BCUT2D eigenvalue weighted by molar-refractivity contribution is 7.99. The molecule has 1 aliphatic rings. The molecule has 10 heteroatoms. The lowest BCUT2D eigenvalue weighted by Gasteiger charge is -2.21.